The second-order valence-electron chi connectivity index (χ2n) is 5.34. The summed E-state index contributed by atoms with van der Waals surface area (Å²) >= 11 is 0. The Hall–Kier alpha value is -3.02. The highest BCUT2D eigenvalue weighted by atomic mass is 16.4. The van der Waals surface area contributed by atoms with Crippen molar-refractivity contribution in [1.82, 2.24) is 4.90 Å². The highest BCUT2D eigenvalue weighted by Gasteiger charge is 2.37. The van der Waals surface area contributed by atoms with Crippen molar-refractivity contribution in [3.8, 4) is 0 Å². The van der Waals surface area contributed by atoms with E-state index in [1.807, 2.05) is 12.1 Å². The molecule has 0 radical (unpaired) electrons. The summed E-state index contributed by atoms with van der Waals surface area (Å²) < 4.78 is 0. The molecule has 1 aliphatic heterocycles. The van der Waals surface area contributed by atoms with E-state index in [2.05, 4.69) is 0 Å². The molecule has 0 atom stereocenters. The fraction of sp³-hybridized carbons (Fsp3) is 0.176. The number of imide groups is 1. The maximum Gasteiger partial charge on any atom is 0.303 e. The normalized spacial score (nSPS) is 13.5. The van der Waals surface area contributed by atoms with Crippen LogP contribution >= 0.6 is 0 Å². The Morgan fingerprint density at radius 1 is 0.957 bits per heavy atom. The highest BCUT2D eigenvalue weighted by Crippen LogP contribution is 2.30. The second kappa shape index (κ2) is 5.64. The summed E-state index contributed by atoms with van der Waals surface area (Å²) in [6.07, 6.45) is -0.519. The van der Waals surface area contributed by atoms with Gasteiger partial charge < -0.3 is 5.11 Å². The number of ketones is 1. The monoisotopic (exact) mass is 311 g/mol. The smallest absolute Gasteiger partial charge is 0.303 e. The number of carbonyl (C=O) groups excluding carboxylic acids is 3. The van der Waals surface area contributed by atoms with Gasteiger partial charge in [-0.05, 0) is 16.8 Å². The Morgan fingerprint density at radius 2 is 1.70 bits per heavy atom. The number of Topliss-reactive ketones (excluding diaryl/α,β-unsaturated/α-hetero) is 1. The Kier molecular flexibility index (Phi) is 3.65. The van der Waals surface area contributed by atoms with Crippen LogP contribution in [0.15, 0.2) is 36.4 Å². The van der Waals surface area contributed by atoms with Gasteiger partial charge in [-0.1, -0.05) is 30.3 Å². The van der Waals surface area contributed by atoms with Gasteiger partial charge in [-0.3, -0.25) is 24.1 Å². The van der Waals surface area contributed by atoms with E-state index in [0.29, 0.717) is 10.9 Å². The summed E-state index contributed by atoms with van der Waals surface area (Å²) in [5.74, 6) is -2.57. The minimum atomic E-state index is -1.09. The van der Waals surface area contributed by atoms with Gasteiger partial charge in [-0.15, -0.1) is 0 Å². The fourth-order valence-electron chi connectivity index (χ4n) is 2.70. The zero-order valence-corrected chi connectivity index (χ0v) is 12.1. The van der Waals surface area contributed by atoms with Crippen LogP contribution in [0.25, 0.3) is 10.8 Å². The summed E-state index contributed by atoms with van der Waals surface area (Å²) in [6.45, 7) is -0.395. The summed E-state index contributed by atoms with van der Waals surface area (Å²) in [7, 11) is 0. The van der Waals surface area contributed by atoms with E-state index in [4.69, 9.17) is 5.11 Å². The van der Waals surface area contributed by atoms with E-state index in [9.17, 15) is 19.2 Å². The molecule has 23 heavy (non-hydrogen) atoms. The fourth-order valence-corrected chi connectivity index (χ4v) is 2.70. The molecule has 6 heteroatoms. The third-order valence-corrected chi connectivity index (χ3v) is 3.82. The van der Waals surface area contributed by atoms with Crippen molar-refractivity contribution in [2.24, 2.45) is 0 Å². The van der Waals surface area contributed by atoms with Crippen molar-refractivity contribution < 1.29 is 24.3 Å². The van der Waals surface area contributed by atoms with E-state index in [0.717, 1.165) is 10.3 Å². The first kappa shape index (κ1) is 14.9. The molecule has 2 amide bonds. The molecule has 0 fully saturated rings. The van der Waals surface area contributed by atoms with Crippen LogP contribution in [-0.2, 0) is 9.59 Å². The summed E-state index contributed by atoms with van der Waals surface area (Å²) in [5, 5.41) is 10.1. The van der Waals surface area contributed by atoms with Crippen LogP contribution in [-0.4, -0.2) is 40.1 Å². The number of carboxylic acid groups (broad SMARTS) is 1. The van der Waals surface area contributed by atoms with E-state index in [1.54, 1.807) is 24.3 Å². The first-order chi connectivity index (χ1) is 11.0. The van der Waals surface area contributed by atoms with Crippen molar-refractivity contribution in [3.05, 3.63) is 47.5 Å². The highest BCUT2D eigenvalue weighted by molar-refractivity contribution is 6.27. The lowest BCUT2D eigenvalue weighted by Gasteiger charge is -2.12. The van der Waals surface area contributed by atoms with Crippen LogP contribution in [0.5, 0.6) is 0 Å². The number of rotatable bonds is 5. The molecule has 0 aliphatic carbocycles. The molecule has 2 aromatic rings. The number of fused-ring (bicyclic) bond motifs is 3. The molecule has 6 nitrogen and oxygen atoms in total. The van der Waals surface area contributed by atoms with E-state index in [-0.39, 0.29) is 18.4 Å². The number of benzene rings is 2. The quantitative estimate of drug-likeness (QED) is 0.851. The number of amides is 2. The van der Waals surface area contributed by atoms with E-state index >= 15 is 0 Å². The van der Waals surface area contributed by atoms with E-state index in [1.165, 1.54) is 0 Å². The minimum Gasteiger partial charge on any atom is -0.481 e. The predicted octanol–water partition coefficient (Wildman–Crippen LogP) is 1.87. The van der Waals surface area contributed by atoms with Gasteiger partial charge in [-0.2, -0.15) is 0 Å². The lowest BCUT2D eigenvalue weighted by molar-refractivity contribution is -0.138. The zero-order valence-electron chi connectivity index (χ0n) is 12.1. The number of aliphatic carboxylic acids is 1. The Labute approximate surface area is 131 Å². The average Bonchev–Trinajstić information content (AvgIpc) is 2.78. The number of carboxylic acids is 1. The van der Waals surface area contributed by atoms with Crippen molar-refractivity contribution >= 4 is 34.3 Å². The van der Waals surface area contributed by atoms with Crippen LogP contribution in [0.1, 0.15) is 33.6 Å². The van der Waals surface area contributed by atoms with Gasteiger partial charge >= 0.3 is 5.97 Å². The Bertz CT molecular complexity index is 855. The number of nitrogens with zero attached hydrogens (tertiary/aromatic N) is 1. The van der Waals surface area contributed by atoms with Crippen LogP contribution in [0.3, 0.4) is 0 Å². The van der Waals surface area contributed by atoms with Crippen molar-refractivity contribution in [3.63, 3.8) is 0 Å². The first-order valence-electron chi connectivity index (χ1n) is 7.10. The maximum atomic E-state index is 12.5. The van der Waals surface area contributed by atoms with Gasteiger partial charge in [0.15, 0.2) is 5.78 Å². The second-order valence-corrected chi connectivity index (χ2v) is 5.34. The number of carbonyl (C=O) groups is 4. The van der Waals surface area contributed by atoms with Crippen LogP contribution in [0.4, 0.5) is 0 Å². The van der Waals surface area contributed by atoms with Gasteiger partial charge in [0.1, 0.15) is 0 Å². The molecule has 0 aromatic heterocycles. The van der Waals surface area contributed by atoms with Crippen LogP contribution < -0.4 is 0 Å². The largest absolute Gasteiger partial charge is 0.481 e. The Morgan fingerprint density at radius 3 is 2.43 bits per heavy atom. The Balaban J connectivity index is 1.90. The number of hydrogen-bond acceptors (Lipinski definition) is 4. The third kappa shape index (κ3) is 2.59. The van der Waals surface area contributed by atoms with Crippen LogP contribution in [0, 0.1) is 0 Å². The molecule has 0 bridgehead atoms. The summed E-state index contributed by atoms with van der Waals surface area (Å²) in [5.41, 5.74) is 0.582. The third-order valence-electron chi connectivity index (χ3n) is 3.82. The van der Waals surface area contributed by atoms with Gasteiger partial charge in [0.05, 0.1) is 24.1 Å². The van der Waals surface area contributed by atoms with Gasteiger partial charge in [0.25, 0.3) is 11.8 Å². The molecular formula is C17H13NO5. The minimum absolute atomic E-state index is 0.205. The molecule has 116 valence electrons. The molecule has 1 N–H and O–H groups in total. The number of hydrogen-bond donors (Lipinski definition) is 1. The van der Waals surface area contributed by atoms with Gasteiger partial charge in [0, 0.05) is 6.42 Å². The zero-order chi connectivity index (χ0) is 16.6. The molecule has 1 heterocycles. The molecule has 0 spiro atoms. The summed E-state index contributed by atoms with van der Waals surface area (Å²) in [4.78, 5) is 48.1. The molecule has 3 rings (SSSR count). The van der Waals surface area contributed by atoms with E-state index < -0.39 is 30.1 Å². The lowest BCUT2D eigenvalue weighted by Crippen LogP contribution is -2.35. The van der Waals surface area contributed by atoms with Crippen molar-refractivity contribution in [2.45, 2.75) is 12.8 Å². The van der Waals surface area contributed by atoms with Gasteiger partial charge in [0.2, 0.25) is 0 Å². The predicted molar refractivity (Wildman–Crippen MR) is 81.2 cm³/mol. The van der Waals surface area contributed by atoms with Crippen molar-refractivity contribution in [2.75, 3.05) is 6.54 Å². The standard InChI is InChI=1S/C17H13NO5/c19-11(6-8-14(20)21)9-18-16(22)13-7-5-10-3-1-2-4-12(10)15(13)17(18)23/h1-5,7H,6,8-9H2,(H,20,21). The SMILES string of the molecule is O=C(O)CCC(=O)CN1C(=O)c2ccc3ccccc3c2C1=O. The topological polar surface area (TPSA) is 91.8 Å². The molecule has 1 aliphatic rings. The lowest BCUT2D eigenvalue weighted by atomic mass is 10.0. The molecular weight excluding hydrogens is 298 g/mol. The average molecular weight is 311 g/mol. The van der Waals surface area contributed by atoms with Crippen molar-refractivity contribution in [1.29, 1.82) is 0 Å². The first-order valence-corrected chi connectivity index (χ1v) is 7.10. The van der Waals surface area contributed by atoms with Gasteiger partial charge in [-0.25, -0.2) is 0 Å². The molecule has 0 unspecified atom stereocenters. The maximum absolute atomic E-state index is 12.5. The molecule has 0 saturated heterocycles. The molecule has 0 saturated carbocycles. The molecule has 2 aromatic carbocycles. The van der Waals surface area contributed by atoms with Crippen LogP contribution in [0.2, 0.25) is 0 Å². The summed E-state index contributed by atoms with van der Waals surface area (Å²) in [6, 6.07) is 10.6.